The van der Waals surface area contributed by atoms with Crippen LogP contribution >= 0.6 is 0 Å². The van der Waals surface area contributed by atoms with Gasteiger partial charge >= 0.3 is 0 Å². The molecule has 1 nitrogen and oxygen atoms in total. The highest BCUT2D eigenvalue weighted by Crippen LogP contribution is 2.41. The molecule has 1 fully saturated rings. The van der Waals surface area contributed by atoms with Crippen LogP contribution in [0, 0.1) is 13.8 Å². The van der Waals surface area contributed by atoms with Gasteiger partial charge in [-0.15, -0.1) is 0 Å². The van der Waals surface area contributed by atoms with Gasteiger partial charge in [-0.3, -0.25) is 4.98 Å². The van der Waals surface area contributed by atoms with Crippen molar-refractivity contribution in [2.75, 3.05) is 0 Å². The molecule has 0 aliphatic heterocycles. The monoisotopic (exact) mass is 281 g/mol. The van der Waals surface area contributed by atoms with Crippen molar-refractivity contribution in [1.82, 2.24) is 4.98 Å². The van der Waals surface area contributed by atoms with E-state index in [1.807, 2.05) is 0 Å². The van der Waals surface area contributed by atoms with E-state index in [9.17, 15) is 8.78 Å². The van der Waals surface area contributed by atoms with Gasteiger partial charge in [-0.25, -0.2) is 8.78 Å². The van der Waals surface area contributed by atoms with Crippen LogP contribution in [0.25, 0.3) is 0 Å². The molecule has 1 aliphatic rings. The van der Waals surface area contributed by atoms with E-state index in [1.165, 1.54) is 5.56 Å². The lowest BCUT2D eigenvalue weighted by molar-refractivity contribution is -0.0385. The molecule has 2 rings (SSSR count). The molecule has 20 heavy (non-hydrogen) atoms. The fraction of sp³-hybridized carbons (Fsp3) is 0.706. The SMILES string of the molecule is Cc1cc(C)c(C(C)(C)C)nc1C1CCC(F)(F)CC1. The molecule has 1 heterocycles. The quantitative estimate of drug-likeness (QED) is 0.681. The third-order valence-electron chi connectivity index (χ3n) is 4.26. The molecule has 0 saturated heterocycles. The number of aromatic nitrogens is 1. The summed E-state index contributed by atoms with van der Waals surface area (Å²) in [4.78, 5) is 4.87. The minimum absolute atomic E-state index is 0.00247. The van der Waals surface area contributed by atoms with Crippen molar-refractivity contribution in [2.24, 2.45) is 0 Å². The van der Waals surface area contributed by atoms with Crippen LogP contribution in [0.3, 0.4) is 0 Å². The Morgan fingerprint density at radius 3 is 2.15 bits per heavy atom. The zero-order chi connectivity index (χ0) is 15.1. The molecule has 0 unspecified atom stereocenters. The molecule has 0 amide bonds. The average Bonchev–Trinajstić information content (AvgIpc) is 2.28. The molecule has 0 radical (unpaired) electrons. The van der Waals surface area contributed by atoms with Gasteiger partial charge in [-0.05, 0) is 37.8 Å². The lowest BCUT2D eigenvalue weighted by Crippen LogP contribution is -2.25. The molecule has 0 atom stereocenters. The maximum absolute atomic E-state index is 13.3. The van der Waals surface area contributed by atoms with E-state index < -0.39 is 5.92 Å². The largest absolute Gasteiger partial charge is 0.256 e. The Morgan fingerprint density at radius 1 is 1.10 bits per heavy atom. The fourth-order valence-corrected chi connectivity index (χ4v) is 3.25. The Bertz CT molecular complexity index is 490. The van der Waals surface area contributed by atoms with E-state index in [4.69, 9.17) is 4.98 Å². The van der Waals surface area contributed by atoms with Gasteiger partial charge < -0.3 is 0 Å². The van der Waals surface area contributed by atoms with Crippen LogP contribution in [0.15, 0.2) is 6.07 Å². The molecule has 3 heteroatoms. The molecule has 0 spiro atoms. The molecule has 1 aromatic heterocycles. The minimum atomic E-state index is -2.47. The summed E-state index contributed by atoms with van der Waals surface area (Å²) in [5.74, 6) is -2.28. The average molecular weight is 281 g/mol. The van der Waals surface area contributed by atoms with E-state index in [-0.39, 0.29) is 24.2 Å². The van der Waals surface area contributed by atoms with Crippen molar-refractivity contribution in [3.63, 3.8) is 0 Å². The first-order valence-electron chi connectivity index (χ1n) is 7.46. The molecule has 0 bridgehead atoms. The Labute approximate surface area is 120 Å². The zero-order valence-electron chi connectivity index (χ0n) is 13.2. The second-order valence-corrected chi connectivity index (χ2v) is 7.24. The number of hydrogen-bond donors (Lipinski definition) is 0. The number of alkyl halides is 2. The smallest absolute Gasteiger partial charge is 0.248 e. The third kappa shape index (κ3) is 3.18. The van der Waals surface area contributed by atoms with Crippen molar-refractivity contribution in [3.8, 4) is 0 Å². The third-order valence-corrected chi connectivity index (χ3v) is 4.26. The standard InChI is InChI=1S/C17H25F2N/c1-11-10-12(2)15(16(3,4)5)20-14(11)13-6-8-17(18,19)9-7-13/h10,13H,6-9H2,1-5H3. The van der Waals surface area contributed by atoms with Gasteiger partial charge in [-0.1, -0.05) is 26.8 Å². The summed E-state index contributed by atoms with van der Waals surface area (Å²) in [5, 5.41) is 0. The summed E-state index contributed by atoms with van der Waals surface area (Å²) < 4.78 is 26.6. The van der Waals surface area contributed by atoms with Crippen LogP contribution in [0.1, 0.15) is 74.9 Å². The van der Waals surface area contributed by atoms with Gasteiger partial charge in [0.2, 0.25) is 5.92 Å². The van der Waals surface area contributed by atoms with Crippen molar-refractivity contribution in [2.45, 2.75) is 77.6 Å². The predicted molar refractivity (Wildman–Crippen MR) is 78.6 cm³/mol. The number of pyridine rings is 1. The van der Waals surface area contributed by atoms with Gasteiger partial charge in [0, 0.05) is 35.6 Å². The first-order chi connectivity index (χ1) is 9.10. The molecule has 0 N–H and O–H groups in total. The molecule has 0 aromatic carbocycles. The number of nitrogens with zero attached hydrogens (tertiary/aromatic N) is 1. The number of rotatable bonds is 1. The van der Waals surface area contributed by atoms with E-state index in [1.54, 1.807) is 0 Å². The Hall–Kier alpha value is -0.990. The first kappa shape index (κ1) is 15.4. The fourth-order valence-electron chi connectivity index (χ4n) is 3.25. The number of hydrogen-bond acceptors (Lipinski definition) is 1. The summed E-state index contributed by atoms with van der Waals surface area (Å²) in [6, 6.07) is 2.16. The summed E-state index contributed by atoms with van der Waals surface area (Å²) in [6.45, 7) is 10.6. The normalized spacial score (nSPS) is 20.1. The highest BCUT2D eigenvalue weighted by atomic mass is 19.3. The molecular weight excluding hydrogens is 256 g/mol. The van der Waals surface area contributed by atoms with Crippen molar-refractivity contribution < 1.29 is 8.78 Å². The van der Waals surface area contributed by atoms with Crippen molar-refractivity contribution >= 4 is 0 Å². The van der Waals surface area contributed by atoms with Crippen LogP contribution in [-0.4, -0.2) is 10.9 Å². The Balaban J connectivity index is 2.33. The van der Waals surface area contributed by atoms with Gasteiger partial charge in [0.1, 0.15) is 0 Å². The van der Waals surface area contributed by atoms with Crippen LogP contribution in [0.2, 0.25) is 0 Å². The maximum atomic E-state index is 13.3. The van der Waals surface area contributed by atoms with E-state index in [0.29, 0.717) is 12.8 Å². The second kappa shape index (κ2) is 5.09. The second-order valence-electron chi connectivity index (χ2n) is 7.24. The molecule has 1 saturated carbocycles. The van der Waals surface area contributed by atoms with E-state index in [0.717, 1.165) is 17.0 Å². The van der Waals surface area contributed by atoms with Crippen LogP contribution in [0.5, 0.6) is 0 Å². The summed E-state index contributed by atoms with van der Waals surface area (Å²) in [6.07, 6.45) is 1.09. The summed E-state index contributed by atoms with van der Waals surface area (Å²) in [7, 11) is 0. The molecule has 1 aromatic rings. The summed E-state index contributed by atoms with van der Waals surface area (Å²) in [5.41, 5.74) is 4.46. The molecule has 112 valence electrons. The number of aryl methyl sites for hydroxylation is 2. The first-order valence-corrected chi connectivity index (χ1v) is 7.46. The topological polar surface area (TPSA) is 12.9 Å². The van der Waals surface area contributed by atoms with Crippen LogP contribution < -0.4 is 0 Å². The zero-order valence-corrected chi connectivity index (χ0v) is 13.2. The van der Waals surface area contributed by atoms with Crippen molar-refractivity contribution in [3.05, 3.63) is 28.6 Å². The summed E-state index contributed by atoms with van der Waals surface area (Å²) >= 11 is 0. The lowest BCUT2D eigenvalue weighted by atomic mass is 9.81. The van der Waals surface area contributed by atoms with Crippen LogP contribution in [0.4, 0.5) is 8.78 Å². The highest BCUT2D eigenvalue weighted by molar-refractivity contribution is 5.34. The Kier molecular flexibility index (Phi) is 3.92. The number of halogens is 2. The van der Waals surface area contributed by atoms with E-state index >= 15 is 0 Å². The molecular formula is C17H25F2N. The highest BCUT2D eigenvalue weighted by Gasteiger charge is 2.36. The van der Waals surface area contributed by atoms with Gasteiger partial charge in [0.25, 0.3) is 0 Å². The molecule has 1 aliphatic carbocycles. The lowest BCUT2D eigenvalue weighted by Gasteiger charge is -2.30. The van der Waals surface area contributed by atoms with Gasteiger partial charge in [0.05, 0.1) is 0 Å². The maximum Gasteiger partial charge on any atom is 0.248 e. The van der Waals surface area contributed by atoms with Gasteiger partial charge in [-0.2, -0.15) is 0 Å². The minimum Gasteiger partial charge on any atom is -0.256 e. The van der Waals surface area contributed by atoms with E-state index in [2.05, 4.69) is 40.7 Å². The van der Waals surface area contributed by atoms with Crippen LogP contribution in [-0.2, 0) is 5.41 Å². The van der Waals surface area contributed by atoms with Gasteiger partial charge in [0.15, 0.2) is 0 Å². The Morgan fingerprint density at radius 2 is 1.65 bits per heavy atom. The predicted octanol–water partition coefficient (Wildman–Crippen LogP) is 5.29. The van der Waals surface area contributed by atoms with Crippen molar-refractivity contribution in [1.29, 1.82) is 0 Å².